The van der Waals surface area contributed by atoms with Gasteiger partial charge < -0.3 is 0 Å². The van der Waals surface area contributed by atoms with E-state index in [9.17, 15) is 27.3 Å². The van der Waals surface area contributed by atoms with Gasteiger partial charge in [0.15, 0.2) is 21.5 Å². The van der Waals surface area contributed by atoms with E-state index in [0.717, 1.165) is 0 Å². The standard InChI is InChI=1S/C10H10ClF2NO4S/c1-6(4-11)5-19(17,18)10-8(12)2-7(14(15)16)3-9(10)13/h2-3,6H,4-5H2,1H3. The molecule has 0 bridgehead atoms. The van der Waals surface area contributed by atoms with Gasteiger partial charge in [0, 0.05) is 5.88 Å². The topological polar surface area (TPSA) is 77.3 Å². The minimum atomic E-state index is -4.23. The Morgan fingerprint density at radius 2 is 1.84 bits per heavy atom. The number of halogens is 3. The molecule has 1 rings (SSSR count). The molecular formula is C10H10ClF2NO4S. The van der Waals surface area contributed by atoms with E-state index >= 15 is 0 Å². The zero-order valence-electron chi connectivity index (χ0n) is 9.77. The molecule has 0 fully saturated rings. The molecule has 0 heterocycles. The Bertz CT molecular complexity index is 583. The second-order valence-electron chi connectivity index (χ2n) is 4.04. The summed E-state index contributed by atoms with van der Waals surface area (Å²) in [5.41, 5.74) is -0.848. The van der Waals surface area contributed by atoms with Crippen LogP contribution in [0, 0.1) is 27.7 Å². The Morgan fingerprint density at radius 1 is 1.37 bits per heavy atom. The Hall–Kier alpha value is -1.28. The summed E-state index contributed by atoms with van der Waals surface area (Å²) in [5.74, 6) is -3.99. The minimum absolute atomic E-state index is 0.00937. The third kappa shape index (κ3) is 3.60. The largest absolute Gasteiger partial charge is 0.275 e. The molecule has 0 amide bonds. The summed E-state index contributed by atoms with van der Waals surface area (Å²) < 4.78 is 50.8. The molecule has 0 radical (unpaired) electrons. The van der Waals surface area contributed by atoms with E-state index in [2.05, 4.69) is 0 Å². The number of benzene rings is 1. The van der Waals surface area contributed by atoms with E-state index in [4.69, 9.17) is 11.6 Å². The summed E-state index contributed by atoms with van der Waals surface area (Å²) >= 11 is 5.45. The lowest BCUT2D eigenvalue weighted by atomic mass is 10.3. The van der Waals surface area contributed by atoms with Crippen molar-refractivity contribution in [3.63, 3.8) is 0 Å². The van der Waals surface area contributed by atoms with Gasteiger partial charge >= 0.3 is 0 Å². The van der Waals surface area contributed by atoms with E-state index in [1.165, 1.54) is 6.92 Å². The second-order valence-corrected chi connectivity index (χ2v) is 6.32. The van der Waals surface area contributed by atoms with Crippen molar-refractivity contribution in [2.75, 3.05) is 11.6 Å². The molecule has 1 aromatic carbocycles. The lowest BCUT2D eigenvalue weighted by Gasteiger charge is -2.10. The SMILES string of the molecule is CC(CCl)CS(=O)(=O)c1c(F)cc([N+](=O)[O-])cc1F. The van der Waals surface area contributed by atoms with E-state index in [0.29, 0.717) is 12.1 Å². The second kappa shape index (κ2) is 5.79. The van der Waals surface area contributed by atoms with Crippen molar-refractivity contribution in [3.05, 3.63) is 33.9 Å². The monoisotopic (exact) mass is 313 g/mol. The first-order valence-electron chi connectivity index (χ1n) is 5.11. The van der Waals surface area contributed by atoms with Crippen molar-refractivity contribution in [3.8, 4) is 0 Å². The zero-order valence-corrected chi connectivity index (χ0v) is 11.3. The van der Waals surface area contributed by atoms with Crippen molar-refractivity contribution >= 4 is 27.1 Å². The highest BCUT2D eigenvalue weighted by atomic mass is 35.5. The predicted molar refractivity (Wildman–Crippen MR) is 64.9 cm³/mol. The quantitative estimate of drug-likeness (QED) is 0.475. The smallest absolute Gasteiger partial charge is 0.258 e. The number of hydrogen-bond donors (Lipinski definition) is 0. The Morgan fingerprint density at radius 3 is 2.21 bits per heavy atom. The highest BCUT2D eigenvalue weighted by molar-refractivity contribution is 7.91. The van der Waals surface area contributed by atoms with E-state index < -0.39 is 48.6 Å². The first kappa shape index (κ1) is 15.8. The average molecular weight is 314 g/mol. The van der Waals surface area contributed by atoms with Gasteiger partial charge in [-0.05, 0) is 5.92 Å². The third-order valence-electron chi connectivity index (χ3n) is 2.27. The van der Waals surface area contributed by atoms with Crippen LogP contribution in [0.5, 0.6) is 0 Å². The Balaban J connectivity index is 3.32. The van der Waals surface area contributed by atoms with E-state index in [-0.39, 0.29) is 5.88 Å². The molecular weight excluding hydrogens is 304 g/mol. The molecule has 1 unspecified atom stereocenters. The minimum Gasteiger partial charge on any atom is -0.258 e. The third-order valence-corrected chi connectivity index (χ3v) is 4.82. The predicted octanol–water partition coefficient (Wildman–Crippen LogP) is 2.52. The molecule has 0 N–H and O–H groups in total. The molecule has 1 aromatic rings. The summed E-state index contributed by atoms with van der Waals surface area (Å²) in [6.45, 7) is 1.51. The summed E-state index contributed by atoms with van der Waals surface area (Å²) in [7, 11) is -4.23. The maximum absolute atomic E-state index is 13.6. The van der Waals surface area contributed by atoms with Gasteiger partial charge in [-0.25, -0.2) is 17.2 Å². The van der Waals surface area contributed by atoms with Crippen molar-refractivity contribution < 1.29 is 22.1 Å². The molecule has 1 atom stereocenters. The van der Waals surface area contributed by atoms with E-state index in [1.54, 1.807) is 0 Å². The van der Waals surface area contributed by atoms with Gasteiger partial charge in [0.2, 0.25) is 0 Å². The fourth-order valence-corrected chi connectivity index (χ4v) is 3.44. The summed E-state index contributed by atoms with van der Waals surface area (Å²) in [4.78, 5) is 8.23. The molecule has 0 aromatic heterocycles. The van der Waals surface area contributed by atoms with Crippen LogP contribution in [0.2, 0.25) is 0 Å². The van der Waals surface area contributed by atoms with Crippen LogP contribution in [0.15, 0.2) is 17.0 Å². The van der Waals surface area contributed by atoms with Gasteiger partial charge in [-0.2, -0.15) is 0 Å². The molecule has 0 aliphatic carbocycles. The molecule has 0 aliphatic rings. The maximum atomic E-state index is 13.6. The van der Waals surface area contributed by atoms with Crippen molar-refractivity contribution in [1.82, 2.24) is 0 Å². The summed E-state index contributed by atoms with van der Waals surface area (Å²) in [6, 6.07) is 0.753. The molecule has 0 aliphatic heterocycles. The van der Waals surface area contributed by atoms with Gasteiger partial charge in [0.1, 0.15) is 4.90 Å². The normalized spacial score (nSPS) is 13.3. The van der Waals surface area contributed by atoms with Crippen LogP contribution < -0.4 is 0 Å². The van der Waals surface area contributed by atoms with Crippen LogP contribution >= 0.6 is 11.6 Å². The fourth-order valence-electron chi connectivity index (χ4n) is 1.45. The number of rotatable bonds is 5. The number of hydrogen-bond acceptors (Lipinski definition) is 4. The van der Waals surface area contributed by atoms with E-state index in [1.807, 2.05) is 0 Å². The summed E-state index contributed by atoms with van der Waals surface area (Å²) in [5, 5.41) is 10.4. The van der Waals surface area contributed by atoms with Crippen molar-refractivity contribution in [2.24, 2.45) is 5.92 Å². The molecule has 9 heteroatoms. The number of nitro benzene ring substituents is 1. The van der Waals surface area contributed by atoms with Crippen LogP contribution in [0.3, 0.4) is 0 Å². The highest BCUT2D eigenvalue weighted by Gasteiger charge is 2.28. The average Bonchev–Trinajstić information content (AvgIpc) is 2.26. The highest BCUT2D eigenvalue weighted by Crippen LogP contribution is 2.26. The fraction of sp³-hybridized carbons (Fsp3) is 0.400. The van der Waals surface area contributed by atoms with Crippen LogP contribution in [-0.2, 0) is 9.84 Å². The van der Waals surface area contributed by atoms with Crippen LogP contribution in [0.4, 0.5) is 14.5 Å². The van der Waals surface area contributed by atoms with Crippen LogP contribution in [0.25, 0.3) is 0 Å². The first-order valence-corrected chi connectivity index (χ1v) is 7.30. The van der Waals surface area contributed by atoms with Gasteiger partial charge in [-0.15, -0.1) is 11.6 Å². The molecule has 19 heavy (non-hydrogen) atoms. The van der Waals surface area contributed by atoms with Crippen molar-refractivity contribution in [1.29, 1.82) is 0 Å². The number of sulfone groups is 1. The molecule has 0 saturated heterocycles. The van der Waals surface area contributed by atoms with Gasteiger partial charge in [0.25, 0.3) is 5.69 Å². The van der Waals surface area contributed by atoms with Crippen LogP contribution in [-0.4, -0.2) is 25.0 Å². The van der Waals surface area contributed by atoms with Crippen LogP contribution in [0.1, 0.15) is 6.92 Å². The number of alkyl halides is 1. The summed E-state index contributed by atoms with van der Waals surface area (Å²) in [6.07, 6.45) is 0. The lowest BCUT2D eigenvalue weighted by molar-refractivity contribution is -0.385. The van der Waals surface area contributed by atoms with Gasteiger partial charge in [-0.1, -0.05) is 6.92 Å². The number of nitrogens with zero attached hydrogens (tertiary/aromatic N) is 1. The number of nitro groups is 1. The molecule has 5 nitrogen and oxygen atoms in total. The first-order chi connectivity index (χ1) is 8.69. The van der Waals surface area contributed by atoms with Crippen molar-refractivity contribution in [2.45, 2.75) is 11.8 Å². The van der Waals surface area contributed by atoms with Gasteiger partial charge in [-0.3, -0.25) is 10.1 Å². The molecule has 0 saturated carbocycles. The Labute approximate surface area is 113 Å². The number of non-ortho nitro benzene ring substituents is 1. The Kier molecular flexibility index (Phi) is 4.81. The zero-order chi connectivity index (χ0) is 14.8. The van der Waals surface area contributed by atoms with Gasteiger partial charge in [0.05, 0.1) is 22.8 Å². The maximum Gasteiger partial charge on any atom is 0.275 e. The lowest BCUT2D eigenvalue weighted by Crippen LogP contribution is -2.18. The molecule has 0 spiro atoms. The molecule has 106 valence electrons.